The topological polar surface area (TPSA) is 136 Å². The van der Waals surface area contributed by atoms with Crippen LogP contribution in [0, 0.1) is 0 Å². The van der Waals surface area contributed by atoms with Crippen LogP contribution in [0.15, 0.2) is 66.7 Å². The number of carboxylic acids is 1. The SMILES string of the molecule is CS(=O)(=O)Nc1cc(C[C@H](O)CNC(Cc2ccccc2)c2ccc(Cl)c(Cl)c2)ccc1O.O=C(O)C(F)(F)F. The number of aromatic hydroxyl groups is 1. The first-order valence-corrected chi connectivity index (χ1v) is 14.2. The molecule has 3 aromatic carbocycles. The Bertz CT molecular complexity index is 1390. The van der Waals surface area contributed by atoms with Crippen LogP contribution in [0.2, 0.25) is 10.0 Å². The molecule has 0 saturated carbocycles. The summed E-state index contributed by atoms with van der Waals surface area (Å²) in [6, 6.07) is 19.9. The highest BCUT2D eigenvalue weighted by atomic mass is 35.5. The number of aliphatic hydroxyl groups excluding tert-OH is 1. The number of phenolic OH excluding ortho intramolecular Hbond substituents is 1. The van der Waals surface area contributed by atoms with Gasteiger partial charge in [-0.3, -0.25) is 4.72 Å². The number of benzene rings is 3. The zero-order valence-corrected chi connectivity index (χ0v) is 23.3. The van der Waals surface area contributed by atoms with Crippen molar-refractivity contribution in [2.75, 3.05) is 17.5 Å². The van der Waals surface area contributed by atoms with Crippen molar-refractivity contribution in [2.24, 2.45) is 0 Å². The number of aliphatic carboxylic acids is 1. The number of alkyl halides is 3. The number of aliphatic hydroxyl groups is 1. The van der Waals surface area contributed by atoms with E-state index in [2.05, 4.69) is 10.0 Å². The molecular formula is C26H27Cl2F3N2O6S. The van der Waals surface area contributed by atoms with Crippen molar-refractivity contribution in [1.29, 1.82) is 0 Å². The third-order valence-electron chi connectivity index (χ3n) is 5.30. The van der Waals surface area contributed by atoms with Gasteiger partial charge in [-0.2, -0.15) is 13.2 Å². The molecule has 3 rings (SSSR count). The Labute approximate surface area is 239 Å². The summed E-state index contributed by atoms with van der Waals surface area (Å²) in [6.45, 7) is 0.285. The van der Waals surface area contributed by atoms with Gasteiger partial charge in [0, 0.05) is 12.6 Å². The fourth-order valence-electron chi connectivity index (χ4n) is 3.50. The predicted molar refractivity (Wildman–Crippen MR) is 147 cm³/mol. The van der Waals surface area contributed by atoms with Gasteiger partial charge in [0.1, 0.15) is 5.75 Å². The highest BCUT2D eigenvalue weighted by Gasteiger charge is 2.38. The molecule has 0 saturated heterocycles. The molecule has 0 aliphatic carbocycles. The minimum Gasteiger partial charge on any atom is -0.506 e. The Balaban J connectivity index is 0.000000708. The number of anilines is 1. The summed E-state index contributed by atoms with van der Waals surface area (Å²) >= 11 is 12.3. The van der Waals surface area contributed by atoms with Crippen LogP contribution in [-0.2, 0) is 27.7 Å². The van der Waals surface area contributed by atoms with Gasteiger partial charge in [0.25, 0.3) is 0 Å². The molecule has 0 radical (unpaired) electrons. The lowest BCUT2D eigenvalue weighted by atomic mass is 9.98. The molecule has 0 heterocycles. The zero-order chi connectivity index (χ0) is 30.1. The molecule has 5 N–H and O–H groups in total. The van der Waals surface area contributed by atoms with Gasteiger partial charge >= 0.3 is 12.1 Å². The normalized spacial score (nSPS) is 13.1. The Morgan fingerprint density at radius 3 is 2.12 bits per heavy atom. The summed E-state index contributed by atoms with van der Waals surface area (Å²) in [7, 11) is -3.54. The molecule has 0 fully saturated rings. The minimum absolute atomic E-state index is 0.0768. The Morgan fingerprint density at radius 1 is 0.950 bits per heavy atom. The van der Waals surface area contributed by atoms with Gasteiger partial charge in [-0.25, -0.2) is 13.2 Å². The smallest absolute Gasteiger partial charge is 0.490 e. The highest BCUT2D eigenvalue weighted by molar-refractivity contribution is 7.92. The molecule has 0 amide bonds. The van der Waals surface area contributed by atoms with E-state index in [9.17, 15) is 31.8 Å². The molecule has 1 unspecified atom stereocenters. The van der Waals surface area contributed by atoms with Crippen LogP contribution in [0.5, 0.6) is 5.75 Å². The highest BCUT2D eigenvalue weighted by Crippen LogP contribution is 2.28. The van der Waals surface area contributed by atoms with E-state index in [1.807, 2.05) is 42.5 Å². The molecule has 218 valence electrons. The van der Waals surface area contributed by atoms with E-state index >= 15 is 0 Å². The number of carbonyl (C=O) groups is 1. The Morgan fingerprint density at radius 2 is 1.57 bits per heavy atom. The summed E-state index contributed by atoms with van der Waals surface area (Å²) < 4.78 is 57.0. The second-order valence-electron chi connectivity index (χ2n) is 8.71. The number of hydrogen-bond acceptors (Lipinski definition) is 6. The van der Waals surface area contributed by atoms with Crippen molar-refractivity contribution >= 4 is 44.9 Å². The van der Waals surface area contributed by atoms with Crippen molar-refractivity contribution < 1.29 is 41.7 Å². The number of phenols is 1. The summed E-state index contributed by atoms with van der Waals surface area (Å²) in [6.07, 6.45) is -3.87. The van der Waals surface area contributed by atoms with E-state index in [1.54, 1.807) is 12.1 Å². The summed E-state index contributed by atoms with van der Waals surface area (Å²) in [5, 5.41) is 32.0. The maximum absolute atomic E-state index is 11.5. The molecule has 0 aliphatic rings. The van der Waals surface area contributed by atoms with E-state index < -0.39 is 28.3 Å². The molecule has 3 aromatic rings. The van der Waals surface area contributed by atoms with E-state index in [0.717, 1.165) is 17.4 Å². The first-order valence-electron chi connectivity index (χ1n) is 11.5. The van der Waals surface area contributed by atoms with E-state index in [-0.39, 0.29) is 30.4 Å². The fraction of sp³-hybridized carbons (Fsp3) is 0.269. The molecule has 14 heteroatoms. The lowest BCUT2D eigenvalue weighted by Gasteiger charge is -2.22. The van der Waals surface area contributed by atoms with Crippen LogP contribution in [0.25, 0.3) is 0 Å². The van der Waals surface area contributed by atoms with Gasteiger partial charge in [0.2, 0.25) is 10.0 Å². The molecule has 40 heavy (non-hydrogen) atoms. The maximum Gasteiger partial charge on any atom is 0.490 e. The lowest BCUT2D eigenvalue weighted by molar-refractivity contribution is -0.192. The summed E-state index contributed by atoms with van der Waals surface area (Å²) in [5.74, 6) is -2.94. The number of halogens is 5. The molecule has 0 spiro atoms. The zero-order valence-electron chi connectivity index (χ0n) is 21.0. The quantitative estimate of drug-likeness (QED) is 0.197. The van der Waals surface area contributed by atoms with Crippen molar-refractivity contribution in [3.8, 4) is 5.75 Å². The van der Waals surface area contributed by atoms with Gasteiger partial charge in [-0.05, 0) is 53.8 Å². The molecule has 2 atom stereocenters. The van der Waals surface area contributed by atoms with Crippen LogP contribution in [0.3, 0.4) is 0 Å². The lowest BCUT2D eigenvalue weighted by Crippen LogP contribution is -2.32. The maximum atomic E-state index is 11.5. The van der Waals surface area contributed by atoms with Crippen molar-refractivity contribution in [3.63, 3.8) is 0 Å². The minimum atomic E-state index is -5.08. The second kappa shape index (κ2) is 14.6. The standard InChI is InChI=1S/C24H26Cl2N2O4S.C2HF3O2/c1-33(31,32)28-23-13-17(7-10-24(23)30)11-19(29)15-27-22(12-16-5-3-2-4-6-16)18-8-9-20(25)21(26)14-18;3-2(4,5)1(6)7/h2-10,13-14,19,22,27-30H,11-12,15H2,1H3;(H,6,7)/t19-,22?;/m0./s1. The number of rotatable bonds is 10. The van der Waals surface area contributed by atoms with Crippen molar-refractivity contribution in [3.05, 3.63) is 93.5 Å². The van der Waals surface area contributed by atoms with Crippen LogP contribution in [0.4, 0.5) is 18.9 Å². The average molecular weight is 623 g/mol. The summed E-state index contributed by atoms with van der Waals surface area (Å²) in [4.78, 5) is 8.90. The van der Waals surface area contributed by atoms with Crippen molar-refractivity contribution in [2.45, 2.75) is 31.2 Å². The van der Waals surface area contributed by atoms with Gasteiger partial charge in [-0.1, -0.05) is 65.7 Å². The molecule has 8 nitrogen and oxygen atoms in total. The Kier molecular flexibility index (Phi) is 12.1. The fourth-order valence-corrected chi connectivity index (χ4v) is 4.37. The molecule has 0 aliphatic heterocycles. The predicted octanol–water partition coefficient (Wildman–Crippen LogP) is 5.18. The van der Waals surface area contributed by atoms with Gasteiger partial charge < -0.3 is 20.6 Å². The van der Waals surface area contributed by atoms with Gasteiger partial charge in [0.15, 0.2) is 0 Å². The van der Waals surface area contributed by atoms with E-state index in [4.69, 9.17) is 33.1 Å². The van der Waals surface area contributed by atoms with Gasteiger partial charge in [0.05, 0.1) is 28.1 Å². The molecule has 0 aromatic heterocycles. The third kappa shape index (κ3) is 11.6. The monoisotopic (exact) mass is 622 g/mol. The van der Waals surface area contributed by atoms with Gasteiger partial charge in [-0.15, -0.1) is 0 Å². The number of hydrogen-bond donors (Lipinski definition) is 5. The largest absolute Gasteiger partial charge is 0.506 e. The van der Waals surface area contributed by atoms with E-state index in [0.29, 0.717) is 22.0 Å². The van der Waals surface area contributed by atoms with Crippen molar-refractivity contribution in [1.82, 2.24) is 5.32 Å². The second-order valence-corrected chi connectivity index (χ2v) is 11.3. The summed E-state index contributed by atoms with van der Waals surface area (Å²) in [5.41, 5.74) is 2.84. The number of carboxylic acid groups (broad SMARTS) is 1. The molecular weight excluding hydrogens is 596 g/mol. The first-order chi connectivity index (χ1) is 18.5. The van der Waals surface area contributed by atoms with Crippen LogP contribution >= 0.6 is 23.2 Å². The van der Waals surface area contributed by atoms with Crippen LogP contribution < -0.4 is 10.0 Å². The van der Waals surface area contributed by atoms with E-state index in [1.165, 1.54) is 12.1 Å². The van der Waals surface area contributed by atoms with Crippen LogP contribution in [0.1, 0.15) is 22.7 Å². The third-order valence-corrected chi connectivity index (χ3v) is 6.63. The average Bonchev–Trinajstić information content (AvgIpc) is 2.85. The first kappa shape index (κ1) is 33.2. The van der Waals surface area contributed by atoms with Crippen LogP contribution in [-0.4, -0.2) is 54.8 Å². The Hall–Kier alpha value is -3.03. The number of nitrogens with one attached hydrogen (secondary N) is 2. The molecule has 0 bridgehead atoms. The number of sulfonamides is 1.